The number of aliphatic hydroxyl groups is 1. The van der Waals surface area contributed by atoms with Gasteiger partial charge in [0.2, 0.25) is 0 Å². The Labute approximate surface area is 108 Å². The second-order valence-electron chi connectivity index (χ2n) is 4.42. The molecule has 0 amide bonds. The largest absolute Gasteiger partial charge is 0.389 e. The van der Waals surface area contributed by atoms with Crippen LogP contribution < -0.4 is 5.32 Å². The van der Waals surface area contributed by atoms with Crippen LogP contribution in [0.3, 0.4) is 0 Å². The van der Waals surface area contributed by atoms with Gasteiger partial charge in [0.25, 0.3) is 0 Å². The number of hydrogen-bond acceptors (Lipinski definition) is 3. The van der Waals surface area contributed by atoms with E-state index < -0.39 is 6.10 Å². The van der Waals surface area contributed by atoms with Gasteiger partial charge in [-0.25, -0.2) is 4.39 Å². The molecule has 1 atom stereocenters. The maximum atomic E-state index is 12.9. The van der Waals surface area contributed by atoms with E-state index in [1.54, 1.807) is 6.07 Å². The first-order chi connectivity index (χ1) is 8.63. The van der Waals surface area contributed by atoms with Crippen molar-refractivity contribution in [2.45, 2.75) is 32.8 Å². The normalized spacial score (nSPS) is 12.4. The molecule has 1 unspecified atom stereocenters. The summed E-state index contributed by atoms with van der Waals surface area (Å²) in [5, 5.41) is 12.8. The maximum Gasteiger partial charge on any atom is 0.123 e. The average Bonchev–Trinajstić information content (AvgIpc) is 2.33. The van der Waals surface area contributed by atoms with Crippen molar-refractivity contribution in [1.82, 2.24) is 0 Å². The molecule has 2 N–H and O–H groups in total. The van der Waals surface area contributed by atoms with E-state index in [0.717, 1.165) is 24.1 Å². The first-order valence-corrected chi connectivity index (χ1v) is 6.39. The average molecular weight is 255 g/mol. The lowest BCUT2D eigenvalue weighted by Crippen LogP contribution is -2.25. The van der Waals surface area contributed by atoms with Crippen molar-refractivity contribution < 1.29 is 14.2 Å². The Morgan fingerprint density at radius 1 is 1.44 bits per heavy atom. The van der Waals surface area contributed by atoms with Crippen molar-refractivity contribution in [3.63, 3.8) is 0 Å². The molecule has 0 aliphatic carbocycles. The Kier molecular flexibility index (Phi) is 6.68. The van der Waals surface area contributed by atoms with Crippen molar-refractivity contribution in [2.75, 3.05) is 25.1 Å². The fraction of sp³-hybridized carbons (Fsp3) is 0.571. The van der Waals surface area contributed by atoms with Gasteiger partial charge < -0.3 is 15.2 Å². The molecule has 0 aliphatic heterocycles. The summed E-state index contributed by atoms with van der Waals surface area (Å²) in [5.41, 5.74) is 1.66. The molecule has 0 saturated carbocycles. The van der Waals surface area contributed by atoms with Crippen LogP contribution in [0.4, 0.5) is 10.1 Å². The van der Waals surface area contributed by atoms with Gasteiger partial charge in [0.1, 0.15) is 5.82 Å². The molecule has 18 heavy (non-hydrogen) atoms. The predicted molar refractivity (Wildman–Crippen MR) is 71.4 cm³/mol. The summed E-state index contributed by atoms with van der Waals surface area (Å²) >= 11 is 0. The number of halogens is 1. The van der Waals surface area contributed by atoms with Crippen LogP contribution in [0.25, 0.3) is 0 Å². The Morgan fingerprint density at radius 2 is 2.22 bits per heavy atom. The van der Waals surface area contributed by atoms with E-state index in [4.69, 9.17) is 4.74 Å². The number of rotatable bonds is 8. The van der Waals surface area contributed by atoms with Gasteiger partial charge in [-0.2, -0.15) is 0 Å². The van der Waals surface area contributed by atoms with Crippen molar-refractivity contribution in [2.24, 2.45) is 0 Å². The molecule has 0 saturated heterocycles. The van der Waals surface area contributed by atoms with E-state index in [9.17, 15) is 9.50 Å². The van der Waals surface area contributed by atoms with E-state index in [1.807, 2.05) is 6.92 Å². The third kappa shape index (κ3) is 5.47. The SMILES string of the molecule is CCCCOCC(O)CNc1ccc(F)cc1C. The molecular weight excluding hydrogens is 233 g/mol. The first kappa shape index (κ1) is 14.9. The molecule has 0 radical (unpaired) electrons. The second-order valence-corrected chi connectivity index (χ2v) is 4.42. The molecule has 0 spiro atoms. The summed E-state index contributed by atoms with van der Waals surface area (Å²) in [5.74, 6) is -0.249. The third-order valence-electron chi connectivity index (χ3n) is 2.67. The zero-order valence-corrected chi connectivity index (χ0v) is 11.1. The van der Waals surface area contributed by atoms with Crippen molar-refractivity contribution in [1.29, 1.82) is 0 Å². The summed E-state index contributed by atoms with van der Waals surface area (Å²) in [6.07, 6.45) is 1.55. The standard InChI is InChI=1S/C14H22FNO2/c1-3-4-7-18-10-13(17)9-16-14-6-5-12(15)8-11(14)2/h5-6,8,13,16-17H,3-4,7,9-10H2,1-2H3. The monoisotopic (exact) mass is 255 g/mol. The molecule has 1 rings (SSSR count). The number of nitrogens with one attached hydrogen (secondary N) is 1. The van der Waals surface area contributed by atoms with Gasteiger partial charge in [0.15, 0.2) is 0 Å². The Bertz CT molecular complexity index is 358. The molecule has 0 bridgehead atoms. The number of unbranched alkanes of at least 4 members (excludes halogenated alkanes) is 1. The first-order valence-electron chi connectivity index (χ1n) is 6.39. The number of hydrogen-bond donors (Lipinski definition) is 2. The van der Waals surface area contributed by atoms with E-state index in [1.165, 1.54) is 12.1 Å². The van der Waals surface area contributed by atoms with Crippen molar-refractivity contribution in [3.8, 4) is 0 Å². The number of benzene rings is 1. The fourth-order valence-electron chi connectivity index (χ4n) is 1.58. The van der Waals surface area contributed by atoms with Gasteiger partial charge in [-0.1, -0.05) is 13.3 Å². The van der Waals surface area contributed by atoms with Crippen LogP contribution in [0.2, 0.25) is 0 Å². The molecule has 0 aromatic heterocycles. The molecular formula is C14H22FNO2. The van der Waals surface area contributed by atoms with Gasteiger partial charge in [-0.15, -0.1) is 0 Å². The number of aryl methyl sites for hydroxylation is 1. The zero-order chi connectivity index (χ0) is 13.4. The highest BCUT2D eigenvalue weighted by molar-refractivity contribution is 5.50. The smallest absolute Gasteiger partial charge is 0.123 e. The molecule has 3 nitrogen and oxygen atoms in total. The lowest BCUT2D eigenvalue weighted by Gasteiger charge is -2.14. The van der Waals surface area contributed by atoms with Crippen molar-refractivity contribution in [3.05, 3.63) is 29.6 Å². The highest BCUT2D eigenvalue weighted by Crippen LogP contribution is 2.15. The summed E-state index contributed by atoms with van der Waals surface area (Å²) in [7, 11) is 0. The molecule has 0 heterocycles. The maximum absolute atomic E-state index is 12.9. The van der Waals surface area contributed by atoms with E-state index >= 15 is 0 Å². The molecule has 4 heteroatoms. The minimum atomic E-state index is -0.550. The van der Waals surface area contributed by atoms with Gasteiger partial charge in [0.05, 0.1) is 12.7 Å². The van der Waals surface area contributed by atoms with Crippen LogP contribution in [0.5, 0.6) is 0 Å². The Hall–Kier alpha value is -1.13. The molecule has 0 aliphatic rings. The molecule has 0 fully saturated rings. The van der Waals surface area contributed by atoms with Gasteiger partial charge in [-0.05, 0) is 37.1 Å². The topological polar surface area (TPSA) is 41.5 Å². The van der Waals surface area contributed by atoms with Crippen LogP contribution in [0.15, 0.2) is 18.2 Å². The summed E-state index contributed by atoms with van der Waals surface area (Å²) in [4.78, 5) is 0. The van der Waals surface area contributed by atoms with Crippen LogP contribution in [0, 0.1) is 12.7 Å². The Morgan fingerprint density at radius 3 is 2.89 bits per heavy atom. The van der Waals surface area contributed by atoms with Gasteiger partial charge >= 0.3 is 0 Å². The highest BCUT2D eigenvalue weighted by atomic mass is 19.1. The lowest BCUT2D eigenvalue weighted by atomic mass is 10.2. The quantitative estimate of drug-likeness (QED) is 0.702. The Balaban J connectivity index is 2.27. The van der Waals surface area contributed by atoms with E-state index in [0.29, 0.717) is 19.8 Å². The predicted octanol–water partition coefficient (Wildman–Crippen LogP) is 2.72. The van der Waals surface area contributed by atoms with Crippen LogP contribution in [0.1, 0.15) is 25.3 Å². The second kappa shape index (κ2) is 8.06. The third-order valence-corrected chi connectivity index (χ3v) is 2.67. The van der Waals surface area contributed by atoms with Crippen LogP contribution in [-0.2, 0) is 4.74 Å². The highest BCUT2D eigenvalue weighted by Gasteiger charge is 2.05. The van der Waals surface area contributed by atoms with Crippen LogP contribution >= 0.6 is 0 Å². The fourth-order valence-corrected chi connectivity index (χ4v) is 1.58. The van der Waals surface area contributed by atoms with Crippen LogP contribution in [-0.4, -0.2) is 31.0 Å². The van der Waals surface area contributed by atoms with Gasteiger partial charge in [-0.3, -0.25) is 0 Å². The molecule has 102 valence electrons. The molecule has 1 aromatic rings. The molecule has 1 aromatic carbocycles. The summed E-state index contributed by atoms with van der Waals surface area (Å²) < 4.78 is 18.2. The summed E-state index contributed by atoms with van der Waals surface area (Å²) in [6.45, 7) is 5.34. The zero-order valence-electron chi connectivity index (χ0n) is 11.1. The van der Waals surface area contributed by atoms with Crippen molar-refractivity contribution >= 4 is 5.69 Å². The minimum absolute atomic E-state index is 0.249. The van der Waals surface area contributed by atoms with E-state index in [-0.39, 0.29) is 5.82 Å². The number of ether oxygens (including phenoxy) is 1. The minimum Gasteiger partial charge on any atom is -0.389 e. The number of anilines is 1. The lowest BCUT2D eigenvalue weighted by molar-refractivity contribution is 0.0421. The van der Waals surface area contributed by atoms with E-state index in [2.05, 4.69) is 12.2 Å². The van der Waals surface area contributed by atoms with Gasteiger partial charge in [0, 0.05) is 18.8 Å². The number of aliphatic hydroxyl groups excluding tert-OH is 1. The summed E-state index contributed by atoms with van der Waals surface area (Å²) in [6, 6.07) is 4.54.